The molecule has 8 rings (SSSR count). The molecule has 2 saturated heterocycles. The van der Waals surface area contributed by atoms with Crippen LogP contribution in [0, 0.1) is 5.92 Å². The van der Waals surface area contributed by atoms with Crippen molar-refractivity contribution in [2.75, 3.05) is 13.1 Å². The second kappa shape index (κ2) is 15.7. The number of amides is 4. The summed E-state index contributed by atoms with van der Waals surface area (Å²) >= 11 is 1.47. The molecular weight excluding hydrogens is 765 g/mol. The lowest BCUT2D eigenvalue weighted by Gasteiger charge is -2.29. The number of pyridine rings is 1. The van der Waals surface area contributed by atoms with Gasteiger partial charge in [0.05, 0.1) is 51.8 Å². The van der Waals surface area contributed by atoms with Crippen LogP contribution < -0.4 is 16.2 Å². The largest absolute Gasteiger partial charge is 0.465 e. The van der Waals surface area contributed by atoms with Crippen LogP contribution in [0.25, 0.3) is 38.4 Å². The predicted molar refractivity (Wildman–Crippen MR) is 214 cm³/mol. The lowest BCUT2D eigenvalue weighted by atomic mass is 10.0. The molecule has 4 atom stereocenters. The summed E-state index contributed by atoms with van der Waals surface area (Å²) in [6.45, 7) is 4.55. The van der Waals surface area contributed by atoms with Crippen molar-refractivity contribution >= 4 is 45.6 Å². The third-order valence-corrected chi connectivity index (χ3v) is 11.9. The molecule has 5 aromatic heterocycles. The third kappa shape index (κ3) is 7.21. The Morgan fingerprint density at radius 2 is 1.50 bits per heavy atom. The van der Waals surface area contributed by atoms with Crippen LogP contribution in [0.15, 0.2) is 77.4 Å². The first-order valence-corrected chi connectivity index (χ1v) is 19.9. The molecule has 0 radical (unpaired) electrons. The van der Waals surface area contributed by atoms with Gasteiger partial charge in [0.25, 0.3) is 11.5 Å². The Hall–Kier alpha value is -6.69. The number of hydrogen-bond donors (Lipinski definition) is 7. The first-order valence-electron chi connectivity index (χ1n) is 19.1. The van der Waals surface area contributed by atoms with Gasteiger partial charge in [0.2, 0.25) is 5.91 Å². The fraction of sp³-hybridized carbons (Fsp3) is 0.325. The summed E-state index contributed by atoms with van der Waals surface area (Å²) in [5.74, 6) is 0.304. The van der Waals surface area contributed by atoms with Crippen molar-refractivity contribution in [2.24, 2.45) is 5.92 Å². The zero-order valence-corrected chi connectivity index (χ0v) is 32.5. The molecule has 17 nitrogen and oxygen atoms in total. The number of nitrogens with one attached hydrogen (secondary N) is 5. The SMILES string of the molecule is CC(C)[C@H](NC(=O)O)C(=O)N1CCCC1c1ncc(-c2ccn(-c3csc4c(-c5cnc(C6CCCN6C(=O)[C@H](NC(=O)O)c6ccccc6)[nH]5)c[nH]c34)c(=O)c2)[nH]1. The highest BCUT2D eigenvalue weighted by Gasteiger charge is 2.38. The minimum absolute atomic E-state index is 0.235. The van der Waals surface area contributed by atoms with Gasteiger partial charge in [-0.2, -0.15) is 0 Å². The Bertz CT molecular complexity index is 2550. The summed E-state index contributed by atoms with van der Waals surface area (Å²) in [6, 6.07) is 9.50. The van der Waals surface area contributed by atoms with E-state index in [0.717, 1.165) is 34.3 Å². The van der Waals surface area contributed by atoms with E-state index in [1.807, 2.05) is 23.7 Å². The van der Waals surface area contributed by atoms with E-state index in [9.17, 15) is 34.2 Å². The van der Waals surface area contributed by atoms with E-state index in [-0.39, 0.29) is 35.4 Å². The van der Waals surface area contributed by atoms with Gasteiger partial charge in [0.15, 0.2) is 0 Å². The van der Waals surface area contributed by atoms with Gasteiger partial charge in [-0.25, -0.2) is 19.6 Å². The quantitative estimate of drug-likeness (QED) is 0.0838. The molecule has 4 amide bonds. The van der Waals surface area contributed by atoms with Crippen LogP contribution in [0.5, 0.6) is 0 Å². The first-order chi connectivity index (χ1) is 28.0. The van der Waals surface area contributed by atoms with Gasteiger partial charge >= 0.3 is 12.2 Å². The van der Waals surface area contributed by atoms with Crippen molar-refractivity contribution in [3.05, 3.63) is 100 Å². The lowest BCUT2D eigenvalue weighted by molar-refractivity contribution is -0.135. The van der Waals surface area contributed by atoms with E-state index >= 15 is 0 Å². The first kappa shape index (κ1) is 38.2. The second-order valence-electron chi connectivity index (χ2n) is 14.9. The molecule has 0 aliphatic carbocycles. The highest BCUT2D eigenvalue weighted by molar-refractivity contribution is 7.18. The summed E-state index contributed by atoms with van der Waals surface area (Å²) in [6.07, 6.45) is 7.22. The van der Waals surface area contributed by atoms with Crippen LogP contribution in [-0.4, -0.2) is 92.6 Å². The Kier molecular flexibility index (Phi) is 10.3. The van der Waals surface area contributed by atoms with Crippen molar-refractivity contribution in [1.82, 2.24) is 49.9 Å². The van der Waals surface area contributed by atoms with Gasteiger partial charge in [-0.1, -0.05) is 44.2 Å². The maximum Gasteiger partial charge on any atom is 0.405 e. The molecule has 2 aliphatic heterocycles. The molecule has 18 heteroatoms. The number of carboxylic acid groups (broad SMARTS) is 2. The van der Waals surface area contributed by atoms with Crippen molar-refractivity contribution < 1.29 is 29.4 Å². The number of aromatic nitrogens is 6. The van der Waals surface area contributed by atoms with Gasteiger partial charge < -0.3 is 45.6 Å². The molecule has 0 bridgehead atoms. The van der Waals surface area contributed by atoms with Crippen molar-refractivity contribution in [1.29, 1.82) is 0 Å². The smallest absolute Gasteiger partial charge is 0.405 e. The van der Waals surface area contributed by atoms with Crippen LogP contribution in [-0.2, 0) is 9.59 Å². The Labute approximate surface area is 335 Å². The molecule has 1 aromatic carbocycles. The molecule has 6 aromatic rings. The number of hydrogen-bond acceptors (Lipinski definition) is 8. The van der Waals surface area contributed by atoms with E-state index in [0.29, 0.717) is 60.1 Å². The van der Waals surface area contributed by atoms with Crippen LogP contribution in [0.1, 0.15) is 74.9 Å². The minimum atomic E-state index is -1.28. The molecule has 2 aliphatic rings. The lowest BCUT2D eigenvalue weighted by Crippen LogP contribution is -2.50. The zero-order chi connectivity index (χ0) is 40.7. The molecule has 0 spiro atoms. The maximum atomic E-state index is 13.8. The average Bonchev–Trinajstić information content (AvgIpc) is 4.05. The van der Waals surface area contributed by atoms with Crippen molar-refractivity contribution in [2.45, 2.75) is 63.7 Å². The van der Waals surface area contributed by atoms with Crippen LogP contribution in [0.2, 0.25) is 0 Å². The number of likely N-dealkylation sites (tertiary alicyclic amines) is 2. The van der Waals surface area contributed by atoms with Gasteiger partial charge in [-0.05, 0) is 43.2 Å². The number of rotatable bonds is 11. The minimum Gasteiger partial charge on any atom is -0.465 e. The van der Waals surface area contributed by atoms with Gasteiger partial charge in [0, 0.05) is 48.1 Å². The highest BCUT2D eigenvalue weighted by atomic mass is 32.1. The summed E-state index contributed by atoms with van der Waals surface area (Å²) in [4.78, 5) is 86.5. The molecule has 7 N–H and O–H groups in total. The summed E-state index contributed by atoms with van der Waals surface area (Å²) in [7, 11) is 0. The summed E-state index contributed by atoms with van der Waals surface area (Å²) in [5.41, 5.74) is 4.56. The second-order valence-corrected chi connectivity index (χ2v) is 15.7. The number of nitrogens with zero attached hydrogens (tertiary/aromatic N) is 5. The van der Waals surface area contributed by atoms with Gasteiger partial charge in [0.1, 0.15) is 23.7 Å². The molecular formula is C40H42N10O7S. The van der Waals surface area contributed by atoms with Crippen molar-refractivity contribution in [3.8, 4) is 28.2 Å². The standard InChI is InChI=1S/C40H42N10O7S/c1-21(2)31(46-39(54)55)37(52)49-13-6-10-27(49)35-42-18-25(44-35)23-12-15-48(30(51)16-23)29-20-58-34-24(17-41-33(29)34)26-19-43-36(45-26)28-11-7-14-50(28)38(53)32(47-40(56)57)22-8-4-3-5-9-22/h3-5,8-9,12,15-21,27-28,31-32,41,46-47H,6-7,10-11,13-14H2,1-2H3,(H,42,44)(H,43,45)(H,54,55)(H,56,57)/t27?,28?,31-,32+/m0/s1. The maximum absolute atomic E-state index is 13.8. The van der Waals surface area contributed by atoms with Crippen LogP contribution >= 0.6 is 11.3 Å². The van der Waals surface area contributed by atoms with Gasteiger partial charge in [-0.15, -0.1) is 11.3 Å². The van der Waals surface area contributed by atoms with Crippen molar-refractivity contribution in [3.63, 3.8) is 0 Å². The Morgan fingerprint density at radius 3 is 2.14 bits per heavy atom. The number of imidazole rings is 2. The van der Waals surface area contributed by atoms with Gasteiger partial charge in [-0.3, -0.25) is 19.0 Å². The number of aromatic amines is 3. The normalized spacial score (nSPS) is 17.8. The van der Waals surface area contributed by atoms with E-state index in [1.165, 1.54) is 17.4 Å². The summed E-state index contributed by atoms with van der Waals surface area (Å²) < 4.78 is 2.47. The number of thiophene rings is 1. The average molecular weight is 807 g/mol. The van der Waals surface area contributed by atoms with Crippen LogP contribution in [0.3, 0.4) is 0 Å². The zero-order valence-electron chi connectivity index (χ0n) is 31.6. The van der Waals surface area contributed by atoms with E-state index < -0.39 is 24.3 Å². The number of benzene rings is 1. The molecule has 58 heavy (non-hydrogen) atoms. The molecule has 2 unspecified atom stereocenters. The molecule has 300 valence electrons. The number of H-pyrrole nitrogens is 3. The van der Waals surface area contributed by atoms with E-state index in [4.69, 9.17) is 0 Å². The fourth-order valence-corrected chi connectivity index (χ4v) is 9.13. The summed E-state index contributed by atoms with van der Waals surface area (Å²) in [5, 5.41) is 25.5. The Balaban J connectivity index is 0.995. The monoisotopic (exact) mass is 806 g/mol. The number of carbonyl (C=O) groups is 4. The third-order valence-electron chi connectivity index (χ3n) is 10.9. The fourth-order valence-electron chi connectivity index (χ4n) is 8.09. The van der Waals surface area contributed by atoms with E-state index in [2.05, 4.69) is 35.6 Å². The number of carbonyl (C=O) groups excluding carboxylic acids is 2. The highest BCUT2D eigenvalue weighted by Crippen LogP contribution is 2.39. The number of fused-ring (bicyclic) bond motifs is 1. The predicted octanol–water partition coefficient (Wildman–Crippen LogP) is 5.79. The molecule has 0 saturated carbocycles. The topological polar surface area (TPSA) is 234 Å². The van der Waals surface area contributed by atoms with Crippen LogP contribution in [0.4, 0.5) is 9.59 Å². The Morgan fingerprint density at radius 1 is 0.862 bits per heavy atom. The molecule has 7 heterocycles. The molecule has 2 fully saturated rings. The van der Waals surface area contributed by atoms with E-state index in [1.54, 1.807) is 71.1 Å².